The summed E-state index contributed by atoms with van der Waals surface area (Å²) < 4.78 is 1.74. The lowest BCUT2D eigenvalue weighted by Crippen LogP contribution is -2.43. The van der Waals surface area contributed by atoms with Crippen LogP contribution >= 0.6 is 11.8 Å². The Bertz CT molecular complexity index is 885. The fourth-order valence-corrected chi connectivity index (χ4v) is 4.85. The molecule has 1 amide bonds. The third kappa shape index (κ3) is 4.46. The van der Waals surface area contributed by atoms with Crippen molar-refractivity contribution in [2.24, 2.45) is 0 Å². The van der Waals surface area contributed by atoms with Crippen molar-refractivity contribution in [3.63, 3.8) is 0 Å². The second-order valence-electron chi connectivity index (χ2n) is 7.66. The van der Waals surface area contributed by atoms with Crippen LogP contribution < -0.4 is 5.69 Å². The van der Waals surface area contributed by atoms with Crippen molar-refractivity contribution in [3.05, 3.63) is 51.8 Å². The van der Waals surface area contributed by atoms with Gasteiger partial charge < -0.3 is 4.90 Å². The number of hydrogen-bond donors (Lipinski definition) is 0. The molecule has 0 saturated heterocycles. The van der Waals surface area contributed by atoms with Crippen molar-refractivity contribution in [3.8, 4) is 0 Å². The van der Waals surface area contributed by atoms with Gasteiger partial charge in [0.2, 0.25) is 5.91 Å². The van der Waals surface area contributed by atoms with Crippen LogP contribution in [0.4, 0.5) is 0 Å². The number of nitrogens with zero attached hydrogens (tertiary/aromatic N) is 4. The Morgan fingerprint density at radius 2 is 1.96 bits per heavy atom. The van der Waals surface area contributed by atoms with Crippen LogP contribution in [0, 0.1) is 0 Å². The predicted molar refractivity (Wildman–Crippen MR) is 112 cm³/mol. The van der Waals surface area contributed by atoms with Crippen molar-refractivity contribution >= 4 is 17.7 Å². The summed E-state index contributed by atoms with van der Waals surface area (Å²) in [5.74, 6) is 0.390. The summed E-state index contributed by atoms with van der Waals surface area (Å²) in [7, 11) is 0. The van der Waals surface area contributed by atoms with Crippen LogP contribution in [0.5, 0.6) is 0 Å². The largest absolute Gasteiger partial charge is 0.349 e. The Labute approximate surface area is 170 Å². The van der Waals surface area contributed by atoms with E-state index in [4.69, 9.17) is 0 Å². The Morgan fingerprint density at radius 3 is 2.61 bits per heavy atom. The summed E-state index contributed by atoms with van der Waals surface area (Å²) in [6.45, 7) is 8.54. The number of carbonyl (C=O) groups excluding carboxylic acids is 1. The smallest absolute Gasteiger partial charge is 0.337 e. The van der Waals surface area contributed by atoms with Gasteiger partial charge in [-0.1, -0.05) is 17.8 Å². The van der Waals surface area contributed by atoms with Crippen molar-refractivity contribution in [2.75, 3.05) is 5.75 Å². The maximum absolute atomic E-state index is 12.7. The highest BCUT2D eigenvalue weighted by molar-refractivity contribution is 7.99. The van der Waals surface area contributed by atoms with Crippen LogP contribution in [-0.2, 0) is 24.2 Å². The fourth-order valence-electron chi connectivity index (χ4n) is 3.90. The topological polar surface area (TPSA) is 68.1 Å². The third-order valence-electron chi connectivity index (χ3n) is 4.98. The molecule has 0 spiro atoms. The highest BCUT2D eigenvalue weighted by Crippen LogP contribution is 2.29. The molecule has 1 aliphatic rings. The molecule has 6 nitrogen and oxygen atoms in total. The van der Waals surface area contributed by atoms with Crippen molar-refractivity contribution in [1.82, 2.24) is 19.4 Å². The SMILES string of the molecule is CC(C)N(C(=O)CSc1nc(=O)n(Cc2ccccn2)c2c1CCC2)C(C)C. The van der Waals surface area contributed by atoms with Gasteiger partial charge in [-0.2, -0.15) is 4.98 Å². The zero-order valence-electron chi connectivity index (χ0n) is 17.0. The van der Waals surface area contributed by atoms with E-state index in [1.54, 1.807) is 10.8 Å². The van der Waals surface area contributed by atoms with Gasteiger partial charge in [0.05, 0.1) is 18.0 Å². The zero-order valence-corrected chi connectivity index (χ0v) is 17.8. The van der Waals surface area contributed by atoms with E-state index in [1.807, 2.05) is 50.8 Å². The van der Waals surface area contributed by atoms with Gasteiger partial charge in [0.1, 0.15) is 5.03 Å². The molecule has 0 bridgehead atoms. The molecule has 3 rings (SSSR count). The number of fused-ring (bicyclic) bond motifs is 1. The molecule has 0 radical (unpaired) electrons. The minimum Gasteiger partial charge on any atom is -0.337 e. The van der Waals surface area contributed by atoms with Crippen LogP contribution in [0.2, 0.25) is 0 Å². The van der Waals surface area contributed by atoms with E-state index in [9.17, 15) is 9.59 Å². The summed E-state index contributed by atoms with van der Waals surface area (Å²) >= 11 is 1.39. The molecule has 0 fully saturated rings. The second kappa shape index (κ2) is 8.90. The maximum Gasteiger partial charge on any atom is 0.349 e. The van der Waals surface area contributed by atoms with Gasteiger partial charge in [-0.15, -0.1) is 0 Å². The Hall–Kier alpha value is -2.15. The summed E-state index contributed by atoms with van der Waals surface area (Å²) in [5, 5.41) is 0.718. The summed E-state index contributed by atoms with van der Waals surface area (Å²) in [6.07, 6.45) is 4.51. The van der Waals surface area contributed by atoms with E-state index in [0.29, 0.717) is 12.3 Å². The van der Waals surface area contributed by atoms with Gasteiger partial charge in [-0.05, 0) is 59.1 Å². The highest BCUT2D eigenvalue weighted by atomic mass is 32.2. The number of thioether (sulfide) groups is 1. The Kier molecular flexibility index (Phi) is 6.54. The average Bonchev–Trinajstić information content (AvgIpc) is 3.12. The number of rotatable bonds is 7. The standard InChI is InChI=1S/C21H28N4O2S/c1-14(2)25(15(3)4)19(26)13-28-20-17-9-7-10-18(17)24(21(27)23-20)12-16-8-5-6-11-22-16/h5-6,8,11,14-15H,7,9-10,12-13H2,1-4H3. The van der Waals surface area contributed by atoms with Gasteiger partial charge in [-0.25, -0.2) is 4.79 Å². The third-order valence-corrected chi connectivity index (χ3v) is 5.98. The summed E-state index contributed by atoms with van der Waals surface area (Å²) in [6, 6.07) is 6.01. The molecule has 0 aromatic carbocycles. The van der Waals surface area contributed by atoms with Crippen LogP contribution in [0.1, 0.15) is 51.1 Å². The number of carbonyl (C=O) groups is 1. The first kappa shape index (κ1) is 20.6. The van der Waals surface area contributed by atoms with Crippen LogP contribution in [0.15, 0.2) is 34.2 Å². The minimum atomic E-state index is -0.258. The molecule has 0 saturated carbocycles. The molecule has 2 aromatic rings. The van der Waals surface area contributed by atoms with Crippen LogP contribution in [0.25, 0.3) is 0 Å². The zero-order chi connectivity index (χ0) is 20.3. The van der Waals surface area contributed by atoms with E-state index >= 15 is 0 Å². The molecule has 1 aliphatic carbocycles. The maximum atomic E-state index is 12.7. The normalized spacial score (nSPS) is 13.2. The van der Waals surface area contributed by atoms with Gasteiger partial charge in [0.25, 0.3) is 0 Å². The number of aromatic nitrogens is 3. The Morgan fingerprint density at radius 1 is 1.21 bits per heavy atom. The number of amides is 1. The molecule has 0 atom stereocenters. The molecule has 2 heterocycles. The van der Waals surface area contributed by atoms with Crippen molar-refractivity contribution < 1.29 is 4.79 Å². The first-order chi connectivity index (χ1) is 13.4. The lowest BCUT2D eigenvalue weighted by Gasteiger charge is -2.30. The Balaban J connectivity index is 1.82. The van der Waals surface area contributed by atoms with Gasteiger partial charge in [0, 0.05) is 29.5 Å². The molecule has 2 aromatic heterocycles. The molecule has 150 valence electrons. The fraction of sp³-hybridized carbons (Fsp3) is 0.524. The minimum absolute atomic E-state index is 0.0845. The van der Waals surface area contributed by atoms with E-state index in [1.165, 1.54) is 11.8 Å². The van der Waals surface area contributed by atoms with Gasteiger partial charge in [-0.3, -0.25) is 14.3 Å². The molecular weight excluding hydrogens is 372 g/mol. The lowest BCUT2D eigenvalue weighted by atomic mass is 10.2. The predicted octanol–water partition coefficient (Wildman–Crippen LogP) is 2.91. The van der Waals surface area contributed by atoms with Crippen molar-refractivity contribution in [1.29, 1.82) is 0 Å². The second-order valence-corrected chi connectivity index (χ2v) is 8.63. The highest BCUT2D eigenvalue weighted by Gasteiger charge is 2.25. The molecule has 0 N–H and O–H groups in total. The summed E-state index contributed by atoms with van der Waals surface area (Å²) in [5.41, 5.74) is 2.76. The molecule has 28 heavy (non-hydrogen) atoms. The van der Waals surface area contributed by atoms with Crippen molar-refractivity contribution in [2.45, 2.75) is 70.6 Å². The van der Waals surface area contributed by atoms with E-state index < -0.39 is 0 Å². The van der Waals surface area contributed by atoms with E-state index in [2.05, 4.69) is 9.97 Å². The average molecular weight is 401 g/mol. The first-order valence-electron chi connectivity index (χ1n) is 9.85. The quantitative estimate of drug-likeness (QED) is 0.528. The van der Waals surface area contributed by atoms with E-state index in [-0.39, 0.29) is 23.7 Å². The number of hydrogen-bond acceptors (Lipinski definition) is 5. The monoisotopic (exact) mass is 400 g/mol. The summed E-state index contributed by atoms with van der Waals surface area (Å²) in [4.78, 5) is 35.9. The first-order valence-corrected chi connectivity index (χ1v) is 10.8. The molecular formula is C21H28N4O2S. The van der Waals surface area contributed by atoms with Gasteiger partial charge >= 0.3 is 5.69 Å². The molecule has 7 heteroatoms. The van der Waals surface area contributed by atoms with E-state index in [0.717, 1.165) is 41.2 Å². The van der Waals surface area contributed by atoms with Crippen LogP contribution in [0.3, 0.4) is 0 Å². The number of pyridine rings is 1. The lowest BCUT2D eigenvalue weighted by molar-refractivity contribution is -0.131. The molecule has 0 unspecified atom stereocenters. The molecule has 0 aliphatic heterocycles. The van der Waals surface area contributed by atoms with Gasteiger partial charge in [0.15, 0.2) is 0 Å². The van der Waals surface area contributed by atoms with Crippen LogP contribution in [-0.4, -0.2) is 43.2 Å².